The first-order chi connectivity index (χ1) is 10.7. The molecule has 0 aromatic heterocycles. The van der Waals surface area contributed by atoms with Gasteiger partial charge in [0.25, 0.3) is 0 Å². The molecule has 2 rings (SSSR count). The van der Waals surface area contributed by atoms with Crippen molar-refractivity contribution in [3.8, 4) is 23.0 Å². The van der Waals surface area contributed by atoms with E-state index in [4.69, 9.17) is 18.9 Å². The Hall–Kier alpha value is -2.62. The molecule has 0 N–H and O–H groups in total. The Labute approximate surface area is 130 Å². The molecule has 4 heteroatoms. The number of methoxy groups -OCH3 is 4. The smallest absolute Gasteiger partial charge is 0.203 e. The maximum Gasteiger partial charge on any atom is 0.203 e. The van der Waals surface area contributed by atoms with Crippen molar-refractivity contribution in [2.24, 2.45) is 0 Å². The van der Waals surface area contributed by atoms with E-state index in [1.807, 2.05) is 36.4 Å². The summed E-state index contributed by atoms with van der Waals surface area (Å²) < 4.78 is 21.3. The van der Waals surface area contributed by atoms with Crippen molar-refractivity contribution in [1.29, 1.82) is 0 Å². The van der Waals surface area contributed by atoms with E-state index in [0.29, 0.717) is 17.2 Å². The van der Waals surface area contributed by atoms with Gasteiger partial charge in [0.2, 0.25) is 5.75 Å². The van der Waals surface area contributed by atoms with Crippen LogP contribution in [0.5, 0.6) is 23.0 Å². The SMILES string of the molecule is COc1c[c]ccc1/C=C\c1cc(OC)c(OC)c(OC)c1. The van der Waals surface area contributed by atoms with Crippen molar-refractivity contribution < 1.29 is 18.9 Å². The van der Waals surface area contributed by atoms with Crippen LogP contribution in [-0.4, -0.2) is 28.4 Å². The van der Waals surface area contributed by atoms with E-state index in [-0.39, 0.29) is 0 Å². The molecule has 0 aliphatic heterocycles. The quantitative estimate of drug-likeness (QED) is 0.762. The minimum absolute atomic E-state index is 0.578. The van der Waals surface area contributed by atoms with Gasteiger partial charge in [0.15, 0.2) is 11.5 Å². The molecule has 0 aliphatic rings. The summed E-state index contributed by atoms with van der Waals surface area (Å²) in [6.45, 7) is 0. The van der Waals surface area contributed by atoms with Crippen LogP contribution in [0.15, 0.2) is 30.3 Å². The summed E-state index contributed by atoms with van der Waals surface area (Å²) in [6.07, 6.45) is 3.93. The lowest BCUT2D eigenvalue weighted by molar-refractivity contribution is 0.324. The third kappa shape index (κ3) is 3.34. The Balaban J connectivity index is 2.39. The average molecular weight is 299 g/mol. The van der Waals surface area contributed by atoms with Crippen molar-refractivity contribution in [2.75, 3.05) is 28.4 Å². The van der Waals surface area contributed by atoms with E-state index in [1.165, 1.54) is 0 Å². The van der Waals surface area contributed by atoms with E-state index < -0.39 is 0 Å². The minimum Gasteiger partial charge on any atom is -0.496 e. The third-order valence-electron chi connectivity index (χ3n) is 3.22. The van der Waals surface area contributed by atoms with E-state index in [0.717, 1.165) is 16.9 Å². The second-order valence-corrected chi connectivity index (χ2v) is 4.46. The van der Waals surface area contributed by atoms with Crippen LogP contribution in [0.4, 0.5) is 0 Å². The standard InChI is InChI=1S/C18H19O4/c1-19-15-8-6-5-7-14(15)10-9-13-11-16(20-2)18(22-4)17(12-13)21-3/h5,7-12H,1-4H3/b10-9-. The zero-order chi connectivity index (χ0) is 15.9. The van der Waals surface area contributed by atoms with Gasteiger partial charge in [-0.15, -0.1) is 0 Å². The monoisotopic (exact) mass is 299 g/mol. The molecule has 0 spiro atoms. The molecule has 1 radical (unpaired) electrons. The van der Waals surface area contributed by atoms with Gasteiger partial charge < -0.3 is 18.9 Å². The van der Waals surface area contributed by atoms with Crippen molar-refractivity contribution in [1.82, 2.24) is 0 Å². The number of rotatable bonds is 6. The highest BCUT2D eigenvalue weighted by atomic mass is 16.5. The predicted octanol–water partition coefficient (Wildman–Crippen LogP) is 3.69. The van der Waals surface area contributed by atoms with Crippen molar-refractivity contribution in [3.63, 3.8) is 0 Å². The normalized spacial score (nSPS) is 10.5. The summed E-state index contributed by atoms with van der Waals surface area (Å²) >= 11 is 0. The highest BCUT2D eigenvalue weighted by Crippen LogP contribution is 2.38. The zero-order valence-electron chi connectivity index (χ0n) is 13.2. The minimum atomic E-state index is 0.578. The second-order valence-electron chi connectivity index (χ2n) is 4.46. The van der Waals surface area contributed by atoms with Crippen molar-refractivity contribution in [3.05, 3.63) is 47.5 Å². The molecule has 2 aromatic rings. The molecule has 0 fully saturated rings. The topological polar surface area (TPSA) is 36.9 Å². The van der Waals surface area contributed by atoms with E-state index >= 15 is 0 Å². The fourth-order valence-electron chi connectivity index (χ4n) is 2.13. The molecule has 4 nitrogen and oxygen atoms in total. The number of hydrogen-bond acceptors (Lipinski definition) is 4. The Morgan fingerprint density at radius 2 is 1.45 bits per heavy atom. The Morgan fingerprint density at radius 3 is 2.00 bits per heavy atom. The van der Waals surface area contributed by atoms with Gasteiger partial charge in [-0.2, -0.15) is 0 Å². The lowest BCUT2D eigenvalue weighted by Crippen LogP contribution is -1.95. The fourth-order valence-corrected chi connectivity index (χ4v) is 2.13. The lowest BCUT2D eigenvalue weighted by Gasteiger charge is -2.12. The summed E-state index contributed by atoms with van der Waals surface area (Å²) in [6, 6.07) is 12.3. The first kappa shape index (κ1) is 15.8. The van der Waals surface area contributed by atoms with Crippen LogP contribution >= 0.6 is 0 Å². The van der Waals surface area contributed by atoms with Gasteiger partial charge in [0.1, 0.15) is 5.75 Å². The molecule has 0 bridgehead atoms. The maximum absolute atomic E-state index is 5.35. The lowest BCUT2D eigenvalue weighted by atomic mass is 10.1. The largest absolute Gasteiger partial charge is 0.496 e. The van der Waals surface area contributed by atoms with Crippen LogP contribution in [0.1, 0.15) is 11.1 Å². The molecular weight excluding hydrogens is 280 g/mol. The average Bonchev–Trinajstić information content (AvgIpc) is 2.58. The van der Waals surface area contributed by atoms with E-state index in [1.54, 1.807) is 34.5 Å². The van der Waals surface area contributed by atoms with Crippen molar-refractivity contribution in [2.45, 2.75) is 0 Å². The van der Waals surface area contributed by atoms with E-state index in [2.05, 4.69) is 6.07 Å². The molecule has 0 saturated carbocycles. The van der Waals surface area contributed by atoms with Crippen LogP contribution < -0.4 is 18.9 Å². The fraction of sp³-hybridized carbons (Fsp3) is 0.222. The summed E-state index contributed by atoms with van der Waals surface area (Å²) in [5, 5.41) is 0. The molecule has 22 heavy (non-hydrogen) atoms. The highest BCUT2D eigenvalue weighted by molar-refractivity contribution is 5.74. The third-order valence-corrected chi connectivity index (χ3v) is 3.22. The highest BCUT2D eigenvalue weighted by Gasteiger charge is 2.12. The Morgan fingerprint density at radius 1 is 0.818 bits per heavy atom. The number of ether oxygens (including phenoxy) is 4. The Bertz CT molecular complexity index is 637. The number of benzene rings is 2. The summed E-state index contributed by atoms with van der Waals surface area (Å²) in [4.78, 5) is 0. The molecule has 0 heterocycles. The first-order valence-electron chi connectivity index (χ1n) is 6.75. The second kappa shape index (κ2) is 7.41. The van der Waals surface area contributed by atoms with Gasteiger partial charge in [-0.25, -0.2) is 0 Å². The van der Waals surface area contributed by atoms with Gasteiger partial charge in [-0.3, -0.25) is 0 Å². The van der Waals surface area contributed by atoms with Crippen molar-refractivity contribution >= 4 is 12.2 Å². The summed E-state index contributed by atoms with van der Waals surface area (Å²) in [5.41, 5.74) is 1.90. The molecule has 115 valence electrons. The molecule has 0 aliphatic carbocycles. The van der Waals surface area contributed by atoms with Gasteiger partial charge in [0.05, 0.1) is 28.4 Å². The maximum atomic E-state index is 5.35. The molecule has 0 amide bonds. The predicted molar refractivity (Wildman–Crippen MR) is 86.9 cm³/mol. The van der Waals surface area contributed by atoms with Gasteiger partial charge in [0, 0.05) is 5.56 Å². The summed E-state index contributed by atoms with van der Waals surface area (Å²) in [7, 11) is 6.42. The molecule has 0 atom stereocenters. The van der Waals surface area contributed by atoms with Gasteiger partial charge in [-0.1, -0.05) is 24.3 Å². The molecule has 2 aromatic carbocycles. The van der Waals surface area contributed by atoms with Crippen LogP contribution in [0.3, 0.4) is 0 Å². The van der Waals surface area contributed by atoms with Gasteiger partial charge >= 0.3 is 0 Å². The van der Waals surface area contributed by atoms with Crippen LogP contribution in [0.25, 0.3) is 12.2 Å². The zero-order valence-corrected chi connectivity index (χ0v) is 13.2. The first-order valence-corrected chi connectivity index (χ1v) is 6.75. The summed E-state index contributed by atoms with van der Waals surface area (Å²) in [5.74, 6) is 2.59. The van der Waals surface area contributed by atoms with Crippen LogP contribution in [-0.2, 0) is 0 Å². The van der Waals surface area contributed by atoms with Crippen LogP contribution in [0, 0.1) is 6.07 Å². The molecule has 0 saturated heterocycles. The van der Waals surface area contributed by atoms with Gasteiger partial charge in [-0.05, 0) is 29.8 Å². The molecular formula is C18H19O4. The molecule has 0 unspecified atom stereocenters. The Kier molecular flexibility index (Phi) is 5.31. The van der Waals surface area contributed by atoms with Crippen LogP contribution in [0.2, 0.25) is 0 Å². The number of hydrogen-bond donors (Lipinski definition) is 0. The van der Waals surface area contributed by atoms with E-state index in [9.17, 15) is 0 Å².